The van der Waals surface area contributed by atoms with Crippen LogP contribution in [0.3, 0.4) is 0 Å². The fourth-order valence-corrected chi connectivity index (χ4v) is 0.894. The van der Waals surface area contributed by atoms with Crippen molar-refractivity contribution in [3.63, 3.8) is 0 Å². The lowest BCUT2D eigenvalue weighted by Crippen LogP contribution is -2.13. The third kappa shape index (κ3) is 9.25. The Balaban J connectivity index is 3.49. The molecule has 0 unspecified atom stereocenters. The predicted octanol–water partition coefficient (Wildman–Crippen LogP) is -1.11. The number of hydrogen-bond donors (Lipinski definition) is 1. The van der Waals surface area contributed by atoms with Crippen molar-refractivity contribution in [2.45, 2.75) is 6.42 Å². The molecule has 0 radical (unpaired) electrons. The first-order valence-electron chi connectivity index (χ1n) is 3.56. The largest absolute Gasteiger partial charge is 0.463 e. The summed E-state index contributed by atoms with van der Waals surface area (Å²) in [6.45, 7) is -0.570. The van der Waals surface area contributed by atoms with Gasteiger partial charge >= 0.3 is 5.97 Å². The number of ether oxygens (including phenoxy) is 1. The molecule has 0 aliphatic heterocycles. The molecule has 0 spiro atoms. The van der Waals surface area contributed by atoms with Gasteiger partial charge in [-0.2, -0.15) is 8.42 Å². The average Bonchev–Trinajstić information content (AvgIpc) is 1.98. The van der Waals surface area contributed by atoms with E-state index in [1.54, 1.807) is 0 Å². The van der Waals surface area contributed by atoms with Gasteiger partial charge in [-0.25, -0.2) is 0 Å². The molecule has 0 aliphatic carbocycles. The quantitative estimate of drug-likeness (QED) is 0.443. The summed E-state index contributed by atoms with van der Waals surface area (Å²) in [5, 5.41) is 8.27. The summed E-state index contributed by atoms with van der Waals surface area (Å²) in [5.41, 5.74) is 0. The maximum Gasteiger partial charge on any atom is 0.308 e. The van der Waals surface area contributed by atoms with Crippen LogP contribution in [0.5, 0.6) is 0 Å². The van der Waals surface area contributed by atoms with E-state index in [4.69, 9.17) is 5.11 Å². The molecule has 0 amide bonds. The van der Waals surface area contributed by atoms with Crippen LogP contribution in [-0.2, 0) is 23.8 Å². The van der Waals surface area contributed by atoms with Crippen LogP contribution < -0.4 is 0 Å². The van der Waals surface area contributed by atoms with Crippen molar-refractivity contribution in [3.05, 3.63) is 0 Å². The predicted molar refractivity (Wildman–Crippen MR) is 43.5 cm³/mol. The molecule has 0 aromatic rings. The molecular weight excluding hydrogens is 200 g/mol. The lowest BCUT2D eigenvalue weighted by Gasteiger charge is -2.02. The molecule has 6 nitrogen and oxygen atoms in total. The summed E-state index contributed by atoms with van der Waals surface area (Å²) < 4.78 is 29.6. The summed E-state index contributed by atoms with van der Waals surface area (Å²) in [5.74, 6) is -0.599. The van der Waals surface area contributed by atoms with E-state index in [0.29, 0.717) is 0 Å². The van der Waals surface area contributed by atoms with Gasteiger partial charge in [0.15, 0.2) is 0 Å². The Morgan fingerprint density at radius 1 is 1.38 bits per heavy atom. The van der Waals surface area contributed by atoms with Gasteiger partial charge in [-0.3, -0.25) is 8.98 Å². The van der Waals surface area contributed by atoms with Gasteiger partial charge < -0.3 is 9.84 Å². The second-order valence-corrected chi connectivity index (χ2v) is 3.86. The number of aliphatic hydroxyl groups excluding tert-OH is 1. The van der Waals surface area contributed by atoms with E-state index in [1.807, 2.05) is 0 Å². The lowest BCUT2D eigenvalue weighted by molar-refractivity contribution is -0.145. The molecule has 0 fully saturated rings. The normalized spacial score (nSPS) is 11.2. The number of rotatable bonds is 6. The zero-order chi connectivity index (χ0) is 10.3. The molecule has 1 N–H and O–H groups in total. The number of carbonyl (C=O) groups excluding carboxylic acids is 1. The van der Waals surface area contributed by atoms with E-state index in [9.17, 15) is 13.2 Å². The van der Waals surface area contributed by atoms with Crippen molar-refractivity contribution in [1.82, 2.24) is 0 Å². The highest BCUT2D eigenvalue weighted by Crippen LogP contribution is 1.92. The second kappa shape index (κ2) is 5.90. The standard InChI is InChI=1S/C6H12O6S/c1-13(9,10)12-4-2-6(8)11-5-3-7/h7H,2-5H2,1H3. The Hall–Kier alpha value is -0.660. The Morgan fingerprint density at radius 2 is 2.00 bits per heavy atom. The highest BCUT2D eigenvalue weighted by molar-refractivity contribution is 7.85. The monoisotopic (exact) mass is 212 g/mol. The number of aliphatic hydroxyl groups is 1. The molecule has 78 valence electrons. The molecular formula is C6H12O6S. The van der Waals surface area contributed by atoms with Crippen LogP contribution in [-0.4, -0.2) is 45.6 Å². The number of carbonyl (C=O) groups is 1. The van der Waals surface area contributed by atoms with Gasteiger partial charge in [0.2, 0.25) is 0 Å². The Morgan fingerprint density at radius 3 is 2.46 bits per heavy atom. The average molecular weight is 212 g/mol. The van der Waals surface area contributed by atoms with Crippen LogP contribution >= 0.6 is 0 Å². The van der Waals surface area contributed by atoms with E-state index in [-0.39, 0.29) is 26.2 Å². The summed E-state index contributed by atoms with van der Waals surface area (Å²) in [4.78, 5) is 10.7. The highest BCUT2D eigenvalue weighted by atomic mass is 32.2. The first-order valence-corrected chi connectivity index (χ1v) is 5.38. The summed E-state index contributed by atoms with van der Waals surface area (Å²) in [6, 6.07) is 0. The number of esters is 1. The molecule has 7 heteroatoms. The van der Waals surface area contributed by atoms with Crippen LogP contribution in [0.1, 0.15) is 6.42 Å². The van der Waals surface area contributed by atoms with Gasteiger partial charge in [-0.05, 0) is 0 Å². The Kier molecular flexibility index (Phi) is 5.60. The van der Waals surface area contributed by atoms with Gasteiger partial charge in [0, 0.05) is 0 Å². The number of hydrogen-bond acceptors (Lipinski definition) is 6. The van der Waals surface area contributed by atoms with Gasteiger partial charge in [0.1, 0.15) is 6.61 Å². The van der Waals surface area contributed by atoms with E-state index < -0.39 is 16.1 Å². The van der Waals surface area contributed by atoms with Crippen molar-refractivity contribution in [2.75, 3.05) is 26.1 Å². The van der Waals surface area contributed by atoms with Crippen LogP contribution in [0.15, 0.2) is 0 Å². The van der Waals surface area contributed by atoms with Crippen LogP contribution in [0, 0.1) is 0 Å². The van der Waals surface area contributed by atoms with Crippen molar-refractivity contribution in [2.24, 2.45) is 0 Å². The minimum atomic E-state index is -3.50. The molecule has 0 aliphatic rings. The third-order valence-electron chi connectivity index (χ3n) is 0.958. The Bertz CT molecular complexity index is 244. The first kappa shape index (κ1) is 12.3. The van der Waals surface area contributed by atoms with Crippen molar-refractivity contribution in [3.8, 4) is 0 Å². The molecule has 0 saturated heterocycles. The lowest BCUT2D eigenvalue weighted by atomic mass is 10.5. The smallest absolute Gasteiger partial charge is 0.308 e. The van der Waals surface area contributed by atoms with E-state index in [0.717, 1.165) is 6.26 Å². The van der Waals surface area contributed by atoms with Crippen LogP contribution in [0.2, 0.25) is 0 Å². The van der Waals surface area contributed by atoms with Crippen molar-refractivity contribution < 1.29 is 27.2 Å². The van der Waals surface area contributed by atoms with Gasteiger partial charge in [0.05, 0.1) is 25.9 Å². The van der Waals surface area contributed by atoms with Crippen molar-refractivity contribution in [1.29, 1.82) is 0 Å². The van der Waals surface area contributed by atoms with Gasteiger partial charge in [-0.15, -0.1) is 0 Å². The molecule has 13 heavy (non-hydrogen) atoms. The maximum absolute atomic E-state index is 10.7. The summed E-state index contributed by atoms with van der Waals surface area (Å²) in [7, 11) is -3.50. The topological polar surface area (TPSA) is 89.9 Å². The fourth-order valence-electron chi connectivity index (χ4n) is 0.508. The minimum Gasteiger partial charge on any atom is -0.463 e. The third-order valence-corrected chi connectivity index (χ3v) is 1.55. The molecule has 0 rings (SSSR count). The molecule has 0 heterocycles. The second-order valence-electron chi connectivity index (χ2n) is 2.22. The van der Waals surface area contributed by atoms with E-state index in [2.05, 4.69) is 8.92 Å². The zero-order valence-corrected chi connectivity index (χ0v) is 8.04. The fraction of sp³-hybridized carbons (Fsp3) is 0.833. The minimum absolute atomic E-state index is 0.0856. The molecule has 0 aromatic heterocycles. The van der Waals surface area contributed by atoms with Crippen LogP contribution in [0.4, 0.5) is 0 Å². The zero-order valence-electron chi connectivity index (χ0n) is 7.23. The Labute approximate surface area is 76.6 Å². The van der Waals surface area contributed by atoms with Crippen molar-refractivity contribution >= 4 is 16.1 Å². The summed E-state index contributed by atoms with van der Waals surface area (Å²) >= 11 is 0. The van der Waals surface area contributed by atoms with Gasteiger partial charge in [-0.1, -0.05) is 0 Å². The van der Waals surface area contributed by atoms with Crippen LogP contribution in [0.25, 0.3) is 0 Å². The first-order chi connectivity index (χ1) is 5.95. The molecule has 0 atom stereocenters. The molecule has 0 aromatic carbocycles. The molecule has 0 bridgehead atoms. The highest BCUT2D eigenvalue weighted by Gasteiger charge is 2.06. The molecule has 0 saturated carbocycles. The maximum atomic E-state index is 10.7. The SMILES string of the molecule is CS(=O)(=O)OCCC(=O)OCCO. The summed E-state index contributed by atoms with van der Waals surface area (Å²) in [6.07, 6.45) is 0.749. The van der Waals surface area contributed by atoms with E-state index >= 15 is 0 Å². The van der Waals surface area contributed by atoms with Gasteiger partial charge in [0.25, 0.3) is 10.1 Å². The van der Waals surface area contributed by atoms with E-state index in [1.165, 1.54) is 0 Å².